The van der Waals surface area contributed by atoms with E-state index >= 15 is 0 Å². The molecule has 0 atom stereocenters. The lowest BCUT2D eigenvalue weighted by molar-refractivity contribution is -0.192. The number of nitrogens with zero attached hydrogens (tertiary/aromatic N) is 4. The number of benzene rings is 2. The van der Waals surface area contributed by atoms with Crippen molar-refractivity contribution in [3.63, 3.8) is 0 Å². The zero-order valence-electron chi connectivity index (χ0n) is 25.3. The largest absolute Gasteiger partial charge is 0.490 e. The fraction of sp³-hybridized carbons (Fsp3) is 0.438. The summed E-state index contributed by atoms with van der Waals surface area (Å²) in [5.74, 6) is -0.529. The van der Waals surface area contributed by atoms with Crippen LogP contribution < -0.4 is 19.7 Å². The third-order valence-corrected chi connectivity index (χ3v) is 8.66. The molecule has 0 unspecified atom stereocenters. The van der Waals surface area contributed by atoms with E-state index in [9.17, 15) is 18.4 Å². The first-order valence-corrected chi connectivity index (χ1v) is 15.4. The summed E-state index contributed by atoms with van der Waals surface area (Å²) in [5.41, 5.74) is 3.32. The SMILES string of the molecule is CC(C)(c1ccc(OCc2ccnc(N3CCC4(CC3)CNC4)n2)cc1)c1cc(Cl)c(OCCCl)c(C#N)c1.O=C(O)C(F)(F)F. The van der Waals surface area contributed by atoms with E-state index in [1.807, 2.05) is 48.7 Å². The maximum absolute atomic E-state index is 10.6. The van der Waals surface area contributed by atoms with Crippen molar-refractivity contribution in [1.82, 2.24) is 15.3 Å². The molecule has 2 aliphatic rings. The molecule has 1 aromatic heterocycles. The summed E-state index contributed by atoms with van der Waals surface area (Å²) in [6.45, 7) is 9.11. The molecule has 14 heteroatoms. The number of carboxylic acids is 1. The molecule has 0 radical (unpaired) electrons. The highest BCUT2D eigenvalue weighted by atomic mass is 35.5. The lowest BCUT2D eigenvalue weighted by atomic mass is 9.73. The van der Waals surface area contributed by atoms with Gasteiger partial charge in [0.25, 0.3) is 0 Å². The molecule has 3 aromatic rings. The molecule has 0 saturated carbocycles. The minimum atomic E-state index is -5.08. The van der Waals surface area contributed by atoms with E-state index in [0.29, 0.717) is 34.2 Å². The van der Waals surface area contributed by atoms with Crippen molar-refractivity contribution in [3.05, 3.63) is 76.1 Å². The lowest BCUT2D eigenvalue weighted by Crippen LogP contribution is -2.58. The van der Waals surface area contributed by atoms with E-state index in [1.165, 1.54) is 12.8 Å². The smallest absolute Gasteiger partial charge is 0.489 e. The van der Waals surface area contributed by atoms with Crippen LogP contribution in [-0.4, -0.2) is 65.9 Å². The molecule has 5 rings (SSSR count). The Morgan fingerprint density at radius 2 is 1.76 bits per heavy atom. The Balaban J connectivity index is 0.000000617. The number of anilines is 1. The van der Waals surface area contributed by atoms with Crippen LogP contribution in [0.2, 0.25) is 5.02 Å². The third kappa shape index (κ3) is 8.51. The van der Waals surface area contributed by atoms with E-state index in [2.05, 4.69) is 35.1 Å². The summed E-state index contributed by atoms with van der Waals surface area (Å²) in [4.78, 5) is 20.5. The molecule has 2 saturated heterocycles. The van der Waals surface area contributed by atoms with Crippen LogP contribution in [0.15, 0.2) is 48.7 Å². The molecule has 9 nitrogen and oxygen atoms in total. The Morgan fingerprint density at radius 3 is 2.30 bits per heavy atom. The molecule has 0 amide bonds. The first-order chi connectivity index (χ1) is 21.8. The van der Waals surface area contributed by atoms with Gasteiger partial charge in [0.2, 0.25) is 5.95 Å². The van der Waals surface area contributed by atoms with Crippen LogP contribution >= 0.6 is 23.2 Å². The van der Waals surface area contributed by atoms with Gasteiger partial charge in [0, 0.05) is 37.8 Å². The van der Waals surface area contributed by atoms with Gasteiger partial charge in [-0.2, -0.15) is 18.4 Å². The molecule has 2 N–H and O–H groups in total. The second-order valence-electron chi connectivity index (χ2n) is 11.7. The van der Waals surface area contributed by atoms with Crippen molar-refractivity contribution < 1.29 is 32.5 Å². The monoisotopic (exact) mass is 679 g/mol. The highest BCUT2D eigenvalue weighted by Crippen LogP contribution is 2.39. The van der Waals surface area contributed by atoms with Crippen molar-refractivity contribution in [2.45, 2.75) is 44.9 Å². The molecule has 2 fully saturated rings. The van der Waals surface area contributed by atoms with Crippen LogP contribution in [0.1, 0.15) is 49.1 Å². The molecular weight excluding hydrogens is 646 g/mol. The number of aliphatic carboxylic acids is 1. The zero-order chi connectivity index (χ0) is 33.5. The predicted octanol–water partition coefficient (Wildman–Crippen LogP) is 6.35. The van der Waals surface area contributed by atoms with Gasteiger partial charge in [-0.05, 0) is 59.7 Å². The number of carbonyl (C=O) groups is 1. The number of carboxylic acid groups (broad SMARTS) is 1. The number of hydrogen-bond donors (Lipinski definition) is 2. The van der Waals surface area contributed by atoms with Crippen molar-refractivity contribution >= 4 is 35.1 Å². The summed E-state index contributed by atoms with van der Waals surface area (Å²) in [6, 6.07) is 15.8. The van der Waals surface area contributed by atoms with E-state index in [0.717, 1.165) is 54.7 Å². The van der Waals surface area contributed by atoms with Crippen LogP contribution in [-0.2, 0) is 16.8 Å². The number of aromatic nitrogens is 2. The Kier molecular flexibility index (Phi) is 11.2. The van der Waals surface area contributed by atoms with Crippen LogP contribution in [0, 0.1) is 16.7 Å². The van der Waals surface area contributed by atoms with Gasteiger partial charge >= 0.3 is 12.1 Å². The predicted molar refractivity (Wildman–Crippen MR) is 168 cm³/mol. The second kappa shape index (κ2) is 14.8. The summed E-state index contributed by atoms with van der Waals surface area (Å²) < 4.78 is 43.4. The number of rotatable bonds is 9. The number of nitrogens with one attached hydrogen (secondary N) is 1. The van der Waals surface area contributed by atoms with Gasteiger partial charge in [-0.3, -0.25) is 0 Å². The van der Waals surface area contributed by atoms with Crippen molar-refractivity contribution in [3.8, 4) is 17.6 Å². The van der Waals surface area contributed by atoms with Gasteiger partial charge < -0.3 is 24.8 Å². The third-order valence-electron chi connectivity index (χ3n) is 8.22. The number of halogens is 5. The minimum Gasteiger partial charge on any atom is -0.489 e. The number of alkyl halides is 4. The average Bonchev–Trinajstić information content (AvgIpc) is 3.02. The van der Waals surface area contributed by atoms with Crippen LogP contribution in [0.25, 0.3) is 0 Å². The van der Waals surface area contributed by atoms with E-state index < -0.39 is 17.6 Å². The number of nitriles is 1. The fourth-order valence-corrected chi connectivity index (χ4v) is 5.60. The van der Waals surface area contributed by atoms with Gasteiger partial charge in [-0.1, -0.05) is 37.6 Å². The molecule has 0 bridgehead atoms. The van der Waals surface area contributed by atoms with Crippen LogP contribution in [0.5, 0.6) is 11.5 Å². The zero-order valence-corrected chi connectivity index (χ0v) is 26.8. The summed E-state index contributed by atoms with van der Waals surface area (Å²) in [6.07, 6.45) is -0.903. The number of piperidine rings is 1. The quantitative estimate of drug-likeness (QED) is 0.249. The first-order valence-electron chi connectivity index (χ1n) is 14.5. The van der Waals surface area contributed by atoms with E-state index in [4.69, 9.17) is 47.6 Å². The second-order valence-corrected chi connectivity index (χ2v) is 12.4. The normalized spacial score (nSPS) is 15.7. The maximum Gasteiger partial charge on any atom is 0.490 e. The highest BCUT2D eigenvalue weighted by Gasteiger charge is 2.40. The Morgan fingerprint density at radius 1 is 1.11 bits per heavy atom. The molecular formula is C32H34Cl2F3N5O4. The fourth-order valence-electron chi connectivity index (χ4n) is 5.25. The van der Waals surface area contributed by atoms with Crippen LogP contribution in [0.4, 0.5) is 19.1 Å². The van der Waals surface area contributed by atoms with E-state index in [-0.39, 0.29) is 6.61 Å². The molecule has 1 spiro atoms. The number of hydrogen-bond acceptors (Lipinski definition) is 8. The summed E-state index contributed by atoms with van der Waals surface area (Å²) in [5, 5.41) is 20.6. The Bertz CT molecular complexity index is 1550. The topological polar surface area (TPSA) is 121 Å². The molecule has 2 aliphatic heterocycles. The van der Waals surface area contributed by atoms with Gasteiger partial charge in [-0.25, -0.2) is 14.8 Å². The first kappa shape index (κ1) is 35.1. The molecule has 246 valence electrons. The summed E-state index contributed by atoms with van der Waals surface area (Å²) in [7, 11) is 0. The van der Waals surface area contributed by atoms with Gasteiger partial charge in [0.15, 0.2) is 5.75 Å². The molecule has 2 aromatic carbocycles. The average molecular weight is 681 g/mol. The molecule has 46 heavy (non-hydrogen) atoms. The van der Waals surface area contributed by atoms with Gasteiger partial charge in [-0.15, -0.1) is 11.6 Å². The standard InChI is InChI=1S/C30H33Cl2N5O2.C2HF3O2/c1-29(2,23-15-21(17-33)27(26(32)16-23)38-14-10-31)22-3-5-25(6-4-22)39-18-24-7-11-35-28(36-24)37-12-8-30(9-13-37)19-34-20-30;3-2(4,5)1(6)7/h3-7,11,15-16,34H,8-10,12-14,18-20H2,1-2H3;(H,6,7). The van der Waals surface area contributed by atoms with Crippen molar-refractivity contribution in [1.29, 1.82) is 5.26 Å². The lowest BCUT2D eigenvalue weighted by Gasteiger charge is -2.48. The van der Waals surface area contributed by atoms with Gasteiger partial charge in [0.05, 0.1) is 22.2 Å². The van der Waals surface area contributed by atoms with Crippen molar-refractivity contribution in [2.24, 2.45) is 5.41 Å². The molecule has 0 aliphatic carbocycles. The van der Waals surface area contributed by atoms with E-state index in [1.54, 1.807) is 0 Å². The van der Waals surface area contributed by atoms with Gasteiger partial charge in [0.1, 0.15) is 25.0 Å². The maximum atomic E-state index is 10.6. The molecule has 3 heterocycles. The Labute approximate surface area is 275 Å². The van der Waals surface area contributed by atoms with Crippen LogP contribution in [0.3, 0.4) is 0 Å². The highest BCUT2D eigenvalue weighted by molar-refractivity contribution is 6.32. The minimum absolute atomic E-state index is 0.285. The number of ether oxygens (including phenoxy) is 2. The van der Waals surface area contributed by atoms with Crippen molar-refractivity contribution in [2.75, 3.05) is 43.6 Å². The Hall–Kier alpha value is -3.79. The summed E-state index contributed by atoms with van der Waals surface area (Å²) >= 11 is 12.2.